The Balaban J connectivity index is 4.07. The molecular weight excluding hydrogens is 997 g/mol. The first-order valence-electron chi connectivity index (χ1n) is 35.8. The predicted octanol–water partition coefficient (Wildman–Crippen LogP) is 24.7. The maximum Gasteiger partial charge on any atom is 0.306 e. The molecule has 0 aliphatic rings. The molecule has 0 saturated heterocycles. The van der Waals surface area contributed by atoms with E-state index in [-0.39, 0.29) is 31.1 Å². The number of carbonyl (C=O) groups is 3. The van der Waals surface area contributed by atoms with Crippen molar-refractivity contribution >= 4 is 17.9 Å². The van der Waals surface area contributed by atoms with Crippen molar-refractivity contribution in [1.82, 2.24) is 0 Å². The lowest BCUT2D eigenvalue weighted by Gasteiger charge is -2.18. The van der Waals surface area contributed by atoms with Gasteiger partial charge in [0.15, 0.2) is 6.10 Å². The van der Waals surface area contributed by atoms with Crippen molar-refractivity contribution < 1.29 is 28.6 Å². The Labute approximate surface area is 504 Å². The molecule has 0 aromatic rings. The van der Waals surface area contributed by atoms with Crippen molar-refractivity contribution in [3.8, 4) is 0 Å². The molecule has 0 aromatic heterocycles. The monoisotopic (exact) mass is 1130 g/mol. The van der Waals surface area contributed by atoms with E-state index >= 15 is 0 Å². The summed E-state index contributed by atoms with van der Waals surface area (Å²) in [6.07, 6.45) is 90.0. The van der Waals surface area contributed by atoms with Crippen molar-refractivity contribution in [1.29, 1.82) is 0 Å². The fraction of sp³-hybridized carbons (Fsp3) is 0.827. The summed E-state index contributed by atoms with van der Waals surface area (Å²) >= 11 is 0. The van der Waals surface area contributed by atoms with E-state index < -0.39 is 6.10 Å². The van der Waals surface area contributed by atoms with E-state index in [0.29, 0.717) is 19.3 Å². The zero-order valence-corrected chi connectivity index (χ0v) is 54.3. The highest BCUT2D eigenvalue weighted by atomic mass is 16.6. The van der Waals surface area contributed by atoms with Gasteiger partial charge in [0.25, 0.3) is 0 Å². The van der Waals surface area contributed by atoms with Gasteiger partial charge < -0.3 is 14.2 Å². The molecule has 0 saturated carbocycles. The van der Waals surface area contributed by atoms with Crippen LogP contribution in [0, 0.1) is 0 Å². The molecule has 0 N–H and O–H groups in total. The maximum absolute atomic E-state index is 12.9. The number of unbranched alkanes of at least 4 members (excludes halogenated alkanes) is 45. The molecule has 0 aliphatic heterocycles. The summed E-state index contributed by atoms with van der Waals surface area (Å²) in [5, 5.41) is 0. The van der Waals surface area contributed by atoms with Crippen LogP contribution in [0.25, 0.3) is 0 Å². The van der Waals surface area contributed by atoms with Crippen LogP contribution in [0.2, 0.25) is 0 Å². The van der Waals surface area contributed by atoms with E-state index in [1.54, 1.807) is 0 Å². The molecule has 0 radical (unpaired) electrons. The normalized spacial score (nSPS) is 12.4. The van der Waals surface area contributed by atoms with Gasteiger partial charge in [0.05, 0.1) is 0 Å². The molecule has 0 spiro atoms. The smallest absolute Gasteiger partial charge is 0.306 e. The molecule has 0 fully saturated rings. The molecule has 0 amide bonds. The zero-order chi connectivity index (χ0) is 58.5. The van der Waals surface area contributed by atoms with Crippen LogP contribution in [-0.2, 0) is 28.6 Å². The van der Waals surface area contributed by atoms with Crippen LogP contribution >= 0.6 is 0 Å². The summed E-state index contributed by atoms with van der Waals surface area (Å²) in [7, 11) is 0. The summed E-state index contributed by atoms with van der Waals surface area (Å²) in [5.41, 5.74) is 0. The molecule has 0 bridgehead atoms. The summed E-state index contributed by atoms with van der Waals surface area (Å²) in [6, 6.07) is 0. The SMILES string of the molecule is CC/C=C\C/C=C\C/C=C\C/C=C\C/C=C\CCCCCCCC(=O)OC(COC(=O)CCCCCCCCCCC)COC(=O)CCCCCCCCCCCCCCCCCCCCCCCCCCCCCCCCCCC. The van der Waals surface area contributed by atoms with Gasteiger partial charge in [-0.05, 0) is 64.2 Å². The van der Waals surface area contributed by atoms with Gasteiger partial charge in [0.2, 0.25) is 0 Å². The number of esters is 3. The van der Waals surface area contributed by atoms with Gasteiger partial charge in [-0.3, -0.25) is 14.4 Å². The highest BCUT2D eigenvalue weighted by Gasteiger charge is 2.19. The summed E-state index contributed by atoms with van der Waals surface area (Å²) < 4.78 is 16.9. The molecule has 0 rings (SSSR count). The van der Waals surface area contributed by atoms with Gasteiger partial charge >= 0.3 is 17.9 Å². The van der Waals surface area contributed by atoms with Gasteiger partial charge in [0, 0.05) is 19.3 Å². The number of ether oxygens (including phenoxy) is 3. The lowest BCUT2D eigenvalue weighted by atomic mass is 10.0. The minimum Gasteiger partial charge on any atom is -0.462 e. The van der Waals surface area contributed by atoms with E-state index in [9.17, 15) is 14.4 Å². The molecule has 0 aromatic carbocycles. The minimum atomic E-state index is -0.782. The Bertz CT molecular complexity index is 1440. The average Bonchev–Trinajstić information content (AvgIpc) is 3.47. The number of carbonyl (C=O) groups excluding carboxylic acids is 3. The summed E-state index contributed by atoms with van der Waals surface area (Å²) in [5.74, 6) is -0.880. The Kier molecular flexibility index (Phi) is 67.1. The Morgan fingerprint density at radius 1 is 0.259 bits per heavy atom. The standard InChI is InChI=1S/C75H136O6/c1-4-7-10-13-16-19-21-23-25-27-29-31-32-33-34-35-36-37-38-39-40-41-42-44-45-47-49-51-53-56-59-62-65-68-74(77)80-71-72(70-79-73(76)67-64-61-58-55-18-15-12-9-6-3)81-75(78)69-66-63-60-57-54-52-50-48-46-43-30-28-26-24-22-20-17-14-11-8-5-2/h8,11,17,20,24,26,30,43,48,50,72H,4-7,9-10,12-16,18-19,21-23,25,27-29,31-42,44-47,49,51-71H2,1-3H3/b11-8-,20-17-,26-24-,43-30-,50-48-. The number of hydrogen-bond acceptors (Lipinski definition) is 6. The Morgan fingerprint density at radius 3 is 0.753 bits per heavy atom. The lowest BCUT2D eigenvalue weighted by Crippen LogP contribution is -2.30. The number of allylic oxidation sites excluding steroid dienone is 10. The van der Waals surface area contributed by atoms with Crippen LogP contribution in [0.15, 0.2) is 60.8 Å². The van der Waals surface area contributed by atoms with Gasteiger partial charge in [0.1, 0.15) is 13.2 Å². The highest BCUT2D eigenvalue weighted by Crippen LogP contribution is 2.19. The van der Waals surface area contributed by atoms with Crippen molar-refractivity contribution in [3.05, 3.63) is 60.8 Å². The van der Waals surface area contributed by atoms with Crippen molar-refractivity contribution in [3.63, 3.8) is 0 Å². The predicted molar refractivity (Wildman–Crippen MR) is 353 cm³/mol. The van der Waals surface area contributed by atoms with E-state index in [1.807, 2.05) is 0 Å². The minimum absolute atomic E-state index is 0.0780. The fourth-order valence-electron chi connectivity index (χ4n) is 10.7. The van der Waals surface area contributed by atoms with Gasteiger partial charge in [-0.1, -0.05) is 358 Å². The van der Waals surface area contributed by atoms with Crippen molar-refractivity contribution in [2.75, 3.05) is 13.2 Å². The third-order valence-corrected chi connectivity index (χ3v) is 16.0. The van der Waals surface area contributed by atoms with E-state index in [0.717, 1.165) is 109 Å². The van der Waals surface area contributed by atoms with E-state index in [2.05, 4.69) is 81.5 Å². The molecule has 6 nitrogen and oxygen atoms in total. The van der Waals surface area contributed by atoms with Crippen LogP contribution in [0.3, 0.4) is 0 Å². The first-order valence-corrected chi connectivity index (χ1v) is 35.8. The van der Waals surface area contributed by atoms with Crippen LogP contribution in [0.4, 0.5) is 0 Å². The molecule has 1 atom stereocenters. The van der Waals surface area contributed by atoms with E-state index in [1.165, 1.54) is 231 Å². The fourth-order valence-corrected chi connectivity index (χ4v) is 10.7. The second-order valence-corrected chi connectivity index (χ2v) is 24.1. The summed E-state index contributed by atoms with van der Waals surface area (Å²) in [4.78, 5) is 38.3. The molecular formula is C75H136O6. The second kappa shape index (κ2) is 69.6. The molecule has 0 heterocycles. The van der Waals surface area contributed by atoms with Gasteiger partial charge in [-0.25, -0.2) is 0 Å². The van der Waals surface area contributed by atoms with Gasteiger partial charge in [-0.15, -0.1) is 0 Å². The van der Waals surface area contributed by atoms with E-state index in [4.69, 9.17) is 14.2 Å². The first kappa shape index (κ1) is 78.1. The second-order valence-electron chi connectivity index (χ2n) is 24.1. The zero-order valence-electron chi connectivity index (χ0n) is 54.3. The molecule has 472 valence electrons. The third-order valence-electron chi connectivity index (χ3n) is 16.0. The molecule has 0 aliphatic carbocycles. The summed E-state index contributed by atoms with van der Waals surface area (Å²) in [6.45, 7) is 6.55. The van der Waals surface area contributed by atoms with Crippen molar-refractivity contribution in [2.45, 2.75) is 386 Å². The maximum atomic E-state index is 12.9. The molecule has 81 heavy (non-hydrogen) atoms. The van der Waals surface area contributed by atoms with Crippen LogP contribution < -0.4 is 0 Å². The van der Waals surface area contributed by atoms with Crippen LogP contribution in [0.5, 0.6) is 0 Å². The highest BCUT2D eigenvalue weighted by molar-refractivity contribution is 5.71. The third kappa shape index (κ3) is 67.8. The van der Waals surface area contributed by atoms with Crippen LogP contribution in [-0.4, -0.2) is 37.2 Å². The molecule has 1 unspecified atom stereocenters. The average molecular weight is 1130 g/mol. The topological polar surface area (TPSA) is 78.9 Å². The Morgan fingerprint density at radius 2 is 0.481 bits per heavy atom. The number of rotatable bonds is 66. The quantitative estimate of drug-likeness (QED) is 0.0261. The molecule has 6 heteroatoms. The van der Waals surface area contributed by atoms with Crippen LogP contribution in [0.1, 0.15) is 380 Å². The number of hydrogen-bond donors (Lipinski definition) is 0. The van der Waals surface area contributed by atoms with Gasteiger partial charge in [-0.2, -0.15) is 0 Å². The Hall–Kier alpha value is -2.89. The largest absolute Gasteiger partial charge is 0.462 e. The van der Waals surface area contributed by atoms with Crippen molar-refractivity contribution in [2.24, 2.45) is 0 Å². The lowest BCUT2D eigenvalue weighted by molar-refractivity contribution is -0.167. The first-order chi connectivity index (χ1) is 40.0.